The van der Waals surface area contributed by atoms with Gasteiger partial charge in [0, 0.05) is 37.7 Å². The van der Waals surface area contributed by atoms with Crippen LogP contribution in [0.15, 0.2) is 36.5 Å². The molecule has 1 N–H and O–H groups in total. The third kappa shape index (κ3) is 2.95. The molecule has 0 aliphatic carbocycles. The summed E-state index contributed by atoms with van der Waals surface area (Å²) in [5, 5.41) is 7.61. The Balaban J connectivity index is 1.59. The lowest BCUT2D eigenvalue weighted by Gasteiger charge is -2.28. The summed E-state index contributed by atoms with van der Waals surface area (Å²) in [5.74, 6) is 0. The van der Waals surface area contributed by atoms with E-state index in [9.17, 15) is 0 Å². The largest absolute Gasteiger partial charge is 0.379 e. The molecule has 1 fully saturated rings. The lowest BCUT2D eigenvalue weighted by molar-refractivity contribution is 0.578. The van der Waals surface area contributed by atoms with Crippen LogP contribution in [0.4, 0.5) is 11.4 Å². The van der Waals surface area contributed by atoms with Crippen molar-refractivity contribution >= 4 is 11.4 Å². The SMILES string of the molecule is Cn1nccc1CNc1ccc(N2CCCCC2)cc1. The number of hydrogen-bond donors (Lipinski definition) is 1. The number of anilines is 2. The molecule has 0 radical (unpaired) electrons. The summed E-state index contributed by atoms with van der Waals surface area (Å²) in [6, 6.07) is 10.8. The summed E-state index contributed by atoms with van der Waals surface area (Å²) in [6.45, 7) is 3.20. The molecule has 1 aromatic carbocycles. The number of nitrogens with one attached hydrogen (secondary N) is 1. The number of piperidine rings is 1. The van der Waals surface area contributed by atoms with Gasteiger partial charge in [0.2, 0.25) is 0 Å². The molecule has 4 nitrogen and oxygen atoms in total. The first kappa shape index (κ1) is 13.0. The standard InChI is InChI=1S/C16H22N4/c1-19-16(9-10-18-19)13-17-14-5-7-15(8-6-14)20-11-3-2-4-12-20/h5-10,17H,2-4,11-13H2,1H3. The van der Waals surface area contributed by atoms with E-state index >= 15 is 0 Å². The zero-order valence-electron chi connectivity index (χ0n) is 12.0. The van der Waals surface area contributed by atoms with Crippen LogP contribution < -0.4 is 10.2 Å². The first-order chi connectivity index (χ1) is 9.83. The minimum absolute atomic E-state index is 0.805. The second-order valence-electron chi connectivity index (χ2n) is 5.39. The second kappa shape index (κ2) is 5.99. The van der Waals surface area contributed by atoms with Crippen molar-refractivity contribution in [1.29, 1.82) is 0 Å². The van der Waals surface area contributed by atoms with E-state index in [0.717, 1.165) is 12.2 Å². The molecular formula is C16H22N4. The molecule has 1 saturated heterocycles. The first-order valence-electron chi connectivity index (χ1n) is 7.39. The molecular weight excluding hydrogens is 248 g/mol. The Hall–Kier alpha value is -1.97. The molecule has 1 aromatic heterocycles. The Bertz CT molecular complexity index is 538. The van der Waals surface area contributed by atoms with Crippen LogP contribution in [-0.4, -0.2) is 22.9 Å². The van der Waals surface area contributed by atoms with Gasteiger partial charge in [0.15, 0.2) is 0 Å². The molecule has 3 rings (SSSR count). The minimum atomic E-state index is 0.805. The van der Waals surface area contributed by atoms with Gasteiger partial charge >= 0.3 is 0 Å². The number of benzene rings is 1. The first-order valence-corrected chi connectivity index (χ1v) is 7.39. The molecule has 20 heavy (non-hydrogen) atoms. The van der Waals surface area contributed by atoms with Gasteiger partial charge in [0.1, 0.15) is 0 Å². The molecule has 0 spiro atoms. The monoisotopic (exact) mass is 270 g/mol. The van der Waals surface area contributed by atoms with E-state index in [1.54, 1.807) is 0 Å². The Morgan fingerprint density at radius 2 is 1.80 bits per heavy atom. The fraction of sp³-hybridized carbons (Fsp3) is 0.438. The summed E-state index contributed by atoms with van der Waals surface area (Å²) in [4.78, 5) is 2.48. The van der Waals surface area contributed by atoms with Crippen molar-refractivity contribution in [3.8, 4) is 0 Å². The Kier molecular flexibility index (Phi) is 3.90. The zero-order valence-corrected chi connectivity index (χ0v) is 12.0. The van der Waals surface area contributed by atoms with Gasteiger partial charge in [-0.2, -0.15) is 5.10 Å². The zero-order chi connectivity index (χ0) is 13.8. The van der Waals surface area contributed by atoms with Crippen LogP contribution in [0, 0.1) is 0 Å². The van der Waals surface area contributed by atoms with Crippen molar-refractivity contribution in [2.24, 2.45) is 7.05 Å². The summed E-state index contributed by atoms with van der Waals surface area (Å²) in [7, 11) is 1.97. The third-order valence-electron chi connectivity index (χ3n) is 3.98. The maximum Gasteiger partial charge on any atom is 0.0571 e. The number of aromatic nitrogens is 2. The van der Waals surface area contributed by atoms with E-state index in [2.05, 4.69) is 39.6 Å². The highest BCUT2D eigenvalue weighted by Gasteiger charge is 2.10. The minimum Gasteiger partial charge on any atom is -0.379 e. The normalized spacial score (nSPS) is 15.3. The van der Waals surface area contributed by atoms with E-state index in [0.29, 0.717) is 0 Å². The molecule has 0 atom stereocenters. The molecule has 106 valence electrons. The van der Waals surface area contributed by atoms with Crippen molar-refractivity contribution in [2.45, 2.75) is 25.8 Å². The summed E-state index contributed by atoms with van der Waals surface area (Å²) < 4.78 is 1.90. The lowest BCUT2D eigenvalue weighted by atomic mass is 10.1. The Morgan fingerprint density at radius 1 is 1.05 bits per heavy atom. The number of aryl methyl sites for hydroxylation is 1. The van der Waals surface area contributed by atoms with Gasteiger partial charge in [0.05, 0.1) is 12.2 Å². The maximum absolute atomic E-state index is 4.17. The van der Waals surface area contributed by atoms with Crippen LogP contribution in [0.5, 0.6) is 0 Å². The highest BCUT2D eigenvalue weighted by molar-refractivity contribution is 5.55. The Morgan fingerprint density at radius 3 is 2.45 bits per heavy atom. The number of nitrogens with zero attached hydrogens (tertiary/aromatic N) is 3. The van der Waals surface area contributed by atoms with Crippen LogP contribution in [0.3, 0.4) is 0 Å². The smallest absolute Gasteiger partial charge is 0.0571 e. The predicted octanol–water partition coefficient (Wildman–Crippen LogP) is 3.02. The van der Waals surface area contributed by atoms with Gasteiger partial charge in [0.25, 0.3) is 0 Å². The quantitative estimate of drug-likeness (QED) is 0.927. The number of rotatable bonds is 4. The molecule has 2 aromatic rings. The van der Waals surface area contributed by atoms with Gasteiger partial charge < -0.3 is 10.2 Å². The predicted molar refractivity (Wildman–Crippen MR) is 83.0 cm³/mol. The van der Waals surface area contributed by atoms with Gasteiger partial charge in [-0.25, -0.2) is 0 Å². The van der Waals surface area contributed by atoms with E-state index in [1.165, 1.54) is 43.7 Å². The van der Waals surface area contributed by atoms with E-state index < -0.39 is 0 Å². The highest BCUT2D eigenvalue weighted by Crippen LogP contribution is 2.22. The van der Waals surface area contributed by atoms with E-state index in [4.69, 9.17) is 0 Å². The van der Waals surface area contributed by atoms with Crippen LogP contribution in [0.2, 0.25) is 0 Å². The van der Waals surface area contributed by atoms with Crippen LogP contribution >= 0.6 is 0 Å². The summed E-state index contributed by atoms with van der Waals surface area (Å²) in [6.07, 6.45) is 5.85. The fourth-order valence-electron chi connectivity index (χ4n) is 2.71. The Labute approximate surface area is 120 Å². The molecule has 1 aliphatic heterocycles. The molecule has 1 aliphatic rings. The van der Waals surface area contributed by atoms with E-state index in [-0.39, 0.29) is 0 Å². The third-order valence-corrected chi connectivity index (χ3v) is 3.98. The molecule has 0 bridgehead atoms. The molecule has 4 heteroatoms. The van der Waals surface area contributed by atoms with Crippen molar-refractivity contribution in [3.63, 3.8) is 0 Å². The van der Waals surface area contributed by atoms with E-state index in [1.807, 2.05) is 24.0 Å². The second-order valence-corrected chi connectivity index (χ2v) is 5.39. The topological polar surface area (TPSA) is 33.1 Å². The number of hydrogen-bond acceptors (Lipinski definition) is 3. The van der Waals surface area contributed by atoms with Gasteiger partial charge in [-0.05, 0) is 49.6 Å². The van der Waals surface area contributed by atoms with Crippen molar-refractivity contribution in [3.05, 3.63) is 42.2 Å². The average molecular weight is 270 g/mol. The van der Waals surface area contributed by atoms with Crippen molar-refractivity contribution in [2.75, 3.05) is 23.3 Å². The summed E-state index contributed by atoms with van der Waals surface area (Å²) in [5.41, 5.74) is 3.69. The van der Waals surface area contributed by atoms with Crippen molar-refractivity contribution in [1.82, 2.24) is 9.78 Å². The van der Waals surface area contributed by atoms with Crippen LogP contribution in [-0.2, 0) is 13.6 Å². The lowest BCUT2D eigenvalue weighted by Crippen LogP contribution is -2.29. The van der Waals surface area contributed by atoms with Gasteiger partial charge in [-0.15, -0.1) is 0 Å². The molecule has 0 saturated carbocycles. The average Bonchev–Trinajstić information content (AvgIpc) is 2.92. The van der Waals surface area contributed by atoms with Crippen LogP contribution in [0.25, 0.3) is 0 Å². The molecule has 0 amide bonds. The van der Waals surface area contributed by atoms with Gasteiger partial charge in [-0.3, -0.25) is 4.68 Å². The highest BCUT2D eigenvalue weighted by atomic mass is 15.3. The maximum atomic E-state index is 4.17. The van der Waals surface area contributed by atoms with Crippen LogP contribution in [0.1, 0.15) is 25.0 Å². The summed E-state index contributed by atoms with van der Waals surface area (Å²) >= 11 is 0. The van der Waals surface area contributed by atoms with Crippen molar-refractivity contribution < 1.29 is 0 Å². The molecule has 2 heterocycles. The molecule has 0 unspecified atom stereocenters. The fourth-order valence-corrected chi connectivity index (χ4v) is 2.71. The van der Waals surface area contributed by atoms with Gasteiger partial charge in [-0.1, -0.05) is 0 Å².